The van der Waals surface area contributed by atoms with E-state index in [9.17, 15) is 18.0 Å². The number of rotatable bonds is 1. The second-order valence-electron chi connectivity index (χ2n) is 7.76. The van der Waals surface area contributed by atoms with Gasteiger partial charge in [0.15, 0.2) is 0 Å². The quantitative estimate of drug-likeness (QED) is 0.772. The van der Waals surface area contributed by atoms with E-state index in [0.29, 0.717) is 19.6 Å². The first-order valence-corrected chi connectivity index (χ1v) is 8.36. The molecule has 1 saturated carbocycles. The van der Waals surface area contributed by atoms with Crippen LogP contribution >= 0.6 is 12.4 Å². The van der Waals surface area contributed by atoms with Gasteiger partial charge >= 0.3 is 6.18 Å². The summed E-state index contributed by atoms with van der Waals surface area (Å²) >= 11 is 0. The number of nitrogens with two attached hydrogens (primary N) is 1. The molecule has 0 spiro atoms. The van der Waals surface area contributed by atoms with Gasteiger partial charge in [-0.3, -0.25) is 4.79 Å². The fourth-order valence-corrected chi connectivity index (χ4v) is 4.70. The zero-order valence-corrected chi connectivity index (χ0v) is 14.9. The number of amides is 1. The highest BCUT2D eigenvalue weighted by molar-refractivity contribution is 5.89. The van der Waals surface area contributed by atoms with E-state index < -0.39 is 23.0 Å². The van der Waals surface area contributed by atoms with Crippen molar-refractivity contribution in [2.45, 2.75) is 57.3 Å². The largest absolute Gasteiger partial charge is 0.393 e. The molecule has 8 heteroatoms. The molecular weight excluding hydrogens is 345 g/mol. The van der Waals surface area contributed by atoms with Crippen LogP contribution < -0.4 is 5.73 Å². The third-order valence-corrected chi connectivity index (χ3v) is 6.21. The molecule has 1 amide bonds. The molecular formula is C16H26ClF3N2O2. The van der Waals surface area contributed by atoms with E-state index in [1.807, 2.05) is 13.8 Å². The third-order valence-electron chi connectivity index (χ3n) is 6.21. The molecule has 0 bridgehead atoms. The van der Waals surface area contributed by atoms with Gasteiger partial charge in [-0.1, -0.05) is 13.8 Å². The van der Waals surface area contributed by atoms with Crippen molar-refractivity contribution in [2.75, 3.05) is 19.7 Å². The number of likely N-dealkylation sites (tertiary alicyclic amines) is 1. The summed E-state index contributed by atoms with van der Waals surface area (Å²) in [7, 11) is 0. The maximum absolute atomic E-state index is 13.0. The Labute approximate surface area is 146 Å². The molecule has 4 nitrogen and oxygen atoms in total. The van der Waals surface area contributed by atoms with Gasteiger partial charge in [-0.25, -0.2) is 0 Å². The van der Waals surface area contributed by atoms with Gasteiger partial charge in [0.1, 0.15) is 5.54 Å². The molecule has 2 heterocycles. The molecule has 1 aliphatic carbocycles. The van der Waals surface area contributed by atoms with Gasteiger partial charge in [0.05, 0.1) is 12.0 Å². The van der Waals surface area contributed by atoms with Crippen LogP contribution in [0.25, 0.3) is 0 Å². The number of nitrogens with zero attached hydrogens (tertiary/aromatic N) is 1. The minimum Gasteiger partial charge on any atom is -0.377 e. The number of hydrogen-bond donors (Lipinski definition) is 1. The van der Waals surface area contributed by atoms with Gasteiger partial charge < -0.3 is 15.4 Å². The molecule has 3 rings (SSSR count). The van der Waals surface area contributed by atoms with Crippen molar-refractivity contribution in [1.82, 2.24) is 4.90 Å². The van der Waals surface area contributed by atoms with Gasteiger partial charge in [-0.05, 0) is 25.7 Å². The molecule has 0 aromatic carbocycles. The van der Waals surface area contributed by atoms with Crippen molar-refractivity contribution in [3.05, 3.63) is 0 Å². The zero-order valence-electron chi connectivity index (χ0n) is 14.1. The van der Waals surface area contributed by atoms with Crippen LogP contribution in [0.2, 0.25) is 0 Å². The summed E-state index contributed by atoms with van der Waals surface area (Å²) in [6, 6.07) is 0. The molecule has 3 aliphatic rings. The summed E-state index contributed by atoms with van der Waals surface area (Å²) in [6.45, 7) is 4.54. The lowest BCUT2D eigenvalue weighted by Crippen LogP contribution is -2.82. The Morgan fingerprint density at radius 2 is 1.92 bits per heavy atom. The van der Waals surface area contributed by atoms with Crippen LogP contribution in [0.5, 0.6) is 0 Å². The number of piperidine rings is 1. The van der Waals surface area contributed by atoms with E-state index in [1.54, 1.807) is 0 Å². The molecule has 140 valence electrons. The zero-order chi connectivity index (χ0) is 17.0. The first-order chi connectivity index (χ1) is 10.6. The first-order valence-electron chi connectivity index (χ1n) is 8.36. The van der Waals surface area contributed by atoms with Crippen LogP contribution in [0.1, 0.15) is 39.5 Å². The fourth-order valence-electron chi connectivity index (χ4n) is 4.70. The van der Waals surface area contributed by atoms with Crippen LogP contribution in [0, 0.1) is 17.3 Å². The molecule has 0 radical (unpaired) electrons. The second-order valence-corrected chi connectivity index (χ2v) is 7.76. The van der Waals surface area contributed by atoms with Crippen LogP contribution in [-0.4, -0.2) is 48.3 Å². The predicted molar refractivity (Wildman–Crippen MR) is 85.8 cm³/mol. The lowest BCUT2D eigenvalue weighted by molar-refractivity contribution is -0.233. The highest BCUT2D eigenvalue weighted by atomic mass is 35.5. The Kier molecular flexibility index (Phi) is 5.21. The van der Waals surface area contributed by atoms with Crippen molar-refractivity contribution in [3.63, 3.8) is 0 Å². The Morgan fingerprint density at radius 1 is 1.25 bits per heavy atom. The number of alkyl halides is 3. The lowest BCUT2D eigenvalue weighted by atomic mass is 9.46. The Balaban J connectivity index is 0.00000208. The minimum atomic E-state index is -4.26. The summed E-state index contributed by atoms with van der Waals surface area (Å²) in [5.41, 5.74) is 4.84. The van der Waals surface area contributed by atoms with Crippen molar-refractivity contribution in [2.24, 2.45) is 23.0 Å². The molecule has 4 atom stereocenters. The Bertz CT molecular complexity index is 500. The van der Waals surface area contributed by atoms with Crippen molar-refractivity contribution in [1.29, 1.82) is 0 Å². The highest BCUT2D eigenvalue weighted by Crippen LogP contribution is 2.58. The molecule has 0 aromatic heterocycles. The minimum absolute atomic E-state index is 0. The summed E-state index contributed by atoms with van der Waals surface area (Å²) in [6.07, 6.45) is -2.23. The van der Waals surface area contributed by atoms with E-state index in [1.165, 1.54) is 4.90 Å². The number of carbonyl (C=O) groups excluding carboxylic acids is 1. The Morgan fingerprint density at radius 3 is 2.54 bits per heavy atom. The molecule has 2 N–H and O–H groups in total. The number of fused-ring (bicyclic) bond motifs is 1. The number of hydrogen-bond acceptors (Lipinski definition) is 3. The van der Waals surface area contributed by atoms with Crippen LogP contribution in [0.15, 0.2) is 0 Å². The summed E-state index contributed by atoms with van der Waals surface area (Å²) < 4.78 is 44.8. The van der Waals surface area contributed by atoms with Gasteiger partial charge in [-0.15, -0.1) is 12.4 Å². The maximum Gasteiger partial charge on any atom is 0.393 e. The van der Waals surface area contributed by atoms with Gasteiger partial charge in [0, 0.05) is 31.0 Å². The first kappa shape index (κ1) is 19.8. The van der Waals surface area contributed by atoms with E-state index in [4.69, 9.17) is 10.5 Å². The smallest absolute Gasteiger partial charge is 0.377 e. The molecule has 4 unspecified atom stereocenters. The van der Waals surface area contributed by atoms with E-state index >= 15 is 0 Å². The van der Waals surface area contributed by atoms with Crippen LogP contribution in [0.3, 0.4) is 0 Å². The highest BCUT2D eigenvalue weighted by Gasteiger charge is 2.71. The number of ether oxygens (including phenoxy) is 1. The van der Waals surface area contributed by atoms with Gasteiger partial charge in [0.2, 0.25) is 5.91 Å². The molecule has 0 aromatic rings. The Hall–Kier alpha value is -0.530. The summed E-state index contributed by atoms with van der Waals surface area (Å²) in [5, 5.41) is 0. The van der Waals surface area contributed by atoms with Crippen LogP contribution in [0.4, 0.5) is 13.2 Å². The van der Waals surface area contributed by atoms with E-state index in [2.05, 4.69) is 0 Å². The SMILES string of the molecule is CC1(C)C2OCCCC2C1(N)C(=O)N1CCCC(C(F)(F)F)C1.Cl. The summed E-state index contributed by atoms with van der Waals surface area (Å²) in [4.78, 5) is 14.4. The predicted octanol–water partition coefficient (Wildman–Crippen LogP) is 2.74. The number of carbonyl (C=O) groups is 1. The monoisotopic (exact) mass is 370 g/mol. The average molecular weight is 371 g/mol. The number of halogens is 4. The average Bonchev–Trinajstić information content (AvgIpc) is 2.52. The second kappa shape index (κ2) is 6.32. The normalized spacial score (nSPS) is 38.6. The van der Waals surface area contributed by atoms with E-state index in [-0.39, 0.29) is 43.3 Å². The fraction of sp³-hybridized carbons (Fsp3) is 0.938. The molecule has 3 fully saturated rings. The third kappa shape index (κ3) is 2.72. The van der Waals surface area contributed by atoms with Gasteiger partial charge in [0.25, 0.3) is 0 Å². The van der Waals surface area contributed by atoms with Crippen LogP contribution in [-0.2, 0) is 9.53 Å². The molecule has 2 aliphatic heterocycles. The van der Waals surface area contributed by atoms with Gasteiger partial charge in [-0.2, -0.15) is 13.2 Å². The summed E-state index contributed by atoms with van der Waals surface area (Å²) in [5.74, 6) is -1.86. The van der Waals surface area contributed by atoms with Crippen molar-refractivity contribution >= 4 is 18.3 Å². The standard InChI is InChI=1S/C16H25F3N2O2.ClH/c1-14(2)12-11(6-4-8-23-12)15(14,20)13(22)21-7-3-5-10(9-21)16(17,18)19;/h10-12H,3-9,20H2,1-2H3;1H. The van der Waals surface area contributed by atoms with Crippen molar-refractivity contribution < 1.29 is 22.7 Å². The van der Waals surface area contributed by atoms with Crippen molar-refractivity contribution in [3.8, 4) is 0 Å². The molecule has 2 saturated heterocycles. The molecule has 24 heavy (non-hydrogen) atoms. The maximum atomic E-state index is 13.0. The van der Waals surface area contributed by atoms with E-state index in [0.717, 1.165) is 12.8 Å². The topological polar surface area (TPSA) is 55.6 Å². The lowest BCUT2D eigenvalue weighted by Gasteiger charge is -2.66.